The Kier molecular flexibility index (Phi) is 6.16. The van der Waals surface area contributed by atoms with E-state index in [1.807, 2.05) is 13.1 Å². The Morgan fingerprint density at radius 1 is 1.28 bits per heavy atom. The maximum atomic E-state index is 5.67. The number of rotatable bonds is 7. The molecule has 0 saturated carbocycles. The van der Waals surface area contributed by atoms with Crippen LogP contribution in [0.3, 0.4) is 0 Å². The monoisotopic (exact) mass is 251 g/mol. The van der Waals surface area contributed by atoms with E-state index in [1.54, 1.807) is 7.11 Å². The van der Waals surface area contributed by atoms with Crippen LogP contribution in [0.15, 0.2) is 18.2 Å². The lowest BCUT2D eigenvalue weighted by atomic mass is 10.0. The molecule has 0 aliphatic carbocycles. The summed E-state index contributed by atoms with van der Waals surface area (Å²) in [5.74, 6) is 0.949. The van der Waals surface area contributed by atoms with E-state index in [-0.39, 0.29) is 6.10 Å². The summed E-state index contributed by atoms with van der Waals surface area (Å²) in [6.07, 6.45) is 1.17. The minimum Gasteiger partial charge on any atom is -0.496 e. The van der Waals surface area contributed by atoms with Gasteiger partial charge in [-0.25, -0.2) is 0 Å². The first-order valence-electron chi connectivity index (χ1n) is 6.49. The molecule has 0 aliphatic heterocycles. The molecular weight excluding hydrogens is 226 g/mol. The summed E-state index contributed by atoms with van der Waals surface area (Å²) < 4.78 is 11.1. The number of nitrogens with one attached hydrogen (secondary N) is 1. The van der Waals surface area contributed by atoms with Crippen LogP contribution in [0.2, 0.25) is 0 Å². The minimum absolute atomic E-state index is 0.264. The fourth-order valence-corrected chi connectivity index (χ4v) is 1.89. The van der Waals surface area contributed by atoms with Crippen LogP contribution in [0.5, 0.6) is 5.75 Å². The van der Waals surface area contributed by atoms with Crippen LogP contribution < -0.4 is 10.1 Å². The third kappa shape index (κ3) is 4.67. The Hall–Kier alpha value is -1.06. The van der Waals surface area contributed by atoms with Gasteiger partial charge in [0.1, 0.15) is 5.75 Å². The standard InChI is InChI=1S/C15H25NO2/c1-11(2)18-10-14(16-4)9-13-8-12(3)6-7-15(13)17-5/h6-8,11,14,16H,9-10H2,1-5H3. The highest BCUT2D eigenvalue weighted by Crippen LogP contribution is 2.21. The van der Waals surface area contributed by atoms with E-state index < -0.39 is 0 Å². The van der Waals surface area contributed by atoms with Gasteiger partial charge < -0.3 is 14.8 Å². The van der Waals surface area contributed by atoms with Crippen LogP contribution in [0.4, 0.5) is 0 Å². The van der Waals surface area contributed by atoms with Gasteiger partial charge in [0, 0.05) is 6.04 Å². The smallest absolute Gasteiger partial charge is 0.122 e. The van der Waals surface area contributed by atoms with Crippen LogP contribution in [-0.2, 0) is 11.2 Å². The number of hydrogen-bond donors (Lipinski definition) is 1. The number of benzene rings is 1. The Bertz CT molecular complexity index is 364. The average Bonchev–Trinajstić information content (AvgIpc) is 2.34. The normalized spacial score (nSPS) is 12.8. The summed E-state index contributed by atoms with van der Waals surface area (Å²) in [6.45, 7) is 6.92. The lowest BCUT2D eigenvalue weighted by Crippen LogP contribution is -2.33. The first-order chi connectivity index (χ1) is 8.56. The summed E-state index contributed by atoms with van der Waals surface area (Å²) >= 11 is 0. The predicted molar refractivity (Wildman–Crippen MR) is 75.4 cm³/mol. The van der Waals surface area contributed by atoms with Crippen LogP contribution in [-0.4, -0.2) is 32.9 Å². The van der Waals surface area contributed by atoms with Gasteiger partial charge in [-0.3, -0.25) is 0 Å². The summed E-state index contributed by atoms with van der Waals surface area (Å²) in [4.78, 5) is 0. The molecule has 0 bridgehead atoms. The van der Waals surface area contributed by atoms with Crippen LogP contribution in [0.25, 0.3) is 0 Å². The van der Waals surface area contributed by atoms with Gasteiger partial charge in [-0.15, -0.1) is 0 Å². The lowest BCUT2D eigenvalue weighted by molar-refractivity contribution is 0.0627. The summed E-state index contributed by atoms with van der Waals surface area (Å²) in [5, 5.41) is 3.30. The van der Waals surface area contributed by atoms with Crippen LogP contribution in [0, 0.1) is 6.92 Å². The molecule has 0 spiro atoms. The Morgan fingerprint density at radius 2 is 2.00 bits per heavy atom. The minimum atomic E-state index is 0.264. The maximum absolute atomic E-state index is 5.67. The highest BCUT2D eigenvalue weighted by Gasteiger charge is 2.12. The third-order valence-electron chi connectivity index (χ3n) is 2.94. The van der Waals surface area contributed by atoms with Crippen molar-refractivity contribution >= 4 is 0 Å². The average molecular weight is 251 g/mol. The van der Waals surface area contributed by atoms with Crippen molar-refractivity contribution in [2.75, 3.05) is 20.8 Å². The number of ether oxygens (including phenoxy) is 2. The number of hydrogen-bond acceptors (Lipinski definition) is 3. The number of aryl methyl sites for hydroxylation is 1. The molecule has 1 aromatic carbocycles. The van der Waals surface area contributed by atoms with Gasteiger partial charge in [0.25, 0.3) is 0 Å². The maximum Gasteiger partial charge on any atom is 0.122 e. The molecule has 102 valence electrons. The van der Waals surface area contributed by atoms with E-state index in [0.29, 0.717) is 12.6 Å². The van der Waals surface area contributed by atoms with Crippen molar-refractivity contribution in [1.29, 1.82) is 0 Å². The zero-order valence-electron chi connectivity index (χ0n) is 12.1. The second-order valence-corrected chi connectivity index (χ2v) is 4.89. The largest absolute Gasteiger partial charge is 0.496 e. The SMILES string of the molecule is CNC(COC(C)C)Cc1cc(C)ccc1OC. The molecule has 0 aliphatic rings. The molecule has 0 aromatic heterocycles. The molecule has 3 heteroatoms. The second kappa shape index (κ2) is 7.39. The highest BCUT2D eigenvalue weighted by atomic mass is 16.5. The third-order valence-corrected chi connectivity index (χ3v) is 2.94. The van der Waals surface area contributed by atoms with Gasteiger partial charge in [-0.2, -0.15) is 0 Å². The van der Waals surface area contributed by atoms with Gasteiger partial charge in [0.15, 0.2) is 0 Å². The molecule has 1 N–H and O–H groups in total. The lowest BCUT2D eigenvalue weighted by Gasteiger charge is -2.19. The van der Waals surface area contributed by atoms with E-state index in [4.69, 9.17) is 9.47 Å². The van der Waals surface area contributed by atoms with Crippen LogP contribution >= 0.6 is 0 Å². The molecule has 1 unspecified atom stereocenters. The predicted octanol–water partition coefficient (Wildman–Crippen LogP) is 2.56. The van der Waals surface area contributed by atoms with Crippen molar-refractivity contribution < 1.29 is 9.47 Å². The van der Waals surface area contributed by atoms with E-state index in [0.717, 1.165) is 12.2 Å². The quantitative estimate of drug-likeness (QED) is 0.808. The molecule has 0 radical (unpaired) electrons. The molecule has 0 amide bonds. The molecular formula is C15H25NO2. The Labute approximate surface area is 110 Å². The van der Waals surface area contributed by atoms with Crippen molar-refractivity contribution in [2.24, 2.45) is 0 Å². The first kappa shape index (κ1) is 15.0. The molecule has 0 heterocycles. The Balaban J connectivity index is 2.71. The van der Waals surface area contributed by atoms with Crippen molar-refractivity contribution in [2.45, 2.75) is 39.3 Å². The van der Waals surface area contributed by atoms with E-state index in [2.05, 4.69) is 38.2 Å². The molecule has 0 saturated heterocycles. The number of methoxy groups -OCH3 is 1. The summed E-state index contributed by atoms with van der Waals surface area (Å²) in [5.41, 5.74) is 2.48. The van der Waals surface area contributed by atoms with Crippen molar-refractivity contribution in [1.82, 2.24) is 5.32 Å². The van der Waals surface area contributed by atoms with Gasteiger partial charge in [-0.05, 0) is 45.9 Å². The second-order valence-electron chi connectivity index (χ2n) is 4.89. The van der Waals surface area contributed by atoms with E-state index in [9.17, 15) is 0 Å². The van der Waals surface area contributed by atoms with Crippen molar-refractivity contribution in [3.05, 3.63) is 29.3 Å². The molecule has 1 atom stereocenters. The molecule has 1 aromatic rings. The highest BCUT2D eigenvalue weighted by molar-refractivity contribution is 5.37. The fourth-order valence-electron chi connectivity index (χ4n) is 1.89. The fraction of sp³-hybridized carbons (Fsp3) is 0.600. The zero-order chi connectivity index (χ0) is 13.5. The van der Waals surface area contributed by atoms with E-state index >= 15 is 0 Å². The first-order valence-corrected chi connectivity index (χ1v) is 6.49. The van der Waals surface area contributed by atoms with Gasteiger partial charge >= 0.3 is 0 Å². The van der Waals surface area contributed by atoms with Crippen molar-refractivity contribution in [3.63, 3.8) is 0 Å². The molecule has 3 nitrogen and oxygen atoms in total. The molecule has 18 heavy (non-hydrogen) atoms. The van der Waals surface area contributed by atoms with Crippen molar-refractivity contribution in [3.8, 4) is 5.75 Å². The Morgan fingerprint density at radius 3 is 2.56 bits per heavy atom. The summed E-state index contributed by atoms with van der Waals surface area (Å²) in [6, 6.07) is 6.59. The van der Waals surface area contributed by atoms with Gasteiger partial charge in [0.05, 0.1) is 19.8 Å². The molecule has 0 fully saturated rings. The van der Waals surface area contributed by atoms with Crippen LogP contribution in [0.1, 0.15) is 25.0 Å². The van der Waals surface area contributed by atoms with Gasteiger partial charge in [0.2, 0.25) is 0 Å². The zero-order valence-corrected chi connectivity index (χ0v) is 12.1. The topological polar surface area (TPSA) is 30.5 Å². The molecule has 1 rings (SSSR count). The summed E-state index contributed by atoms with van der Waals surface area (Å²) in [7, 11) is 3.68. The van der Waals surface area contributed by atoms with E-state index in [1.165, 1.54) is 11.1 Å². The van der Waals surface area contributed by atoms with Gasteiger partial charge in [-0.1, -0.05) is 17.7 Å². The number of likely N-dealkylation sites (N-methyl/N-ethyl adjacent to an activating group) is 1.